The van der Waals surface area contributed by atoms with Gasteiger partial charge in [0.25, 0.3) is 0 Å². The molecule has 138 valence electrons. The summed E-state index contributed by atoms with van der Waals surface area (Å²) in [6.07, 6.45) is 0.804. The molecule has 2 amide bonds. The van der Waals surface area contributed by atoms with Crippen molar-refractivity contribution >= 4 is 23.4 Å². The van der Waals surface area contributed by atoms with Gasteiger partial charge in [-0.15, -0.1) is 0 Å². The fourth-order valence-electron chi connectivity index (χ4n) is 2.48. The normalized spacial score (nSPS) is 10.1. The molecule has 6 nitrogen and oxygen atoms in total. The van der Waals surface area contributed by atoms with E-state index in [0.29, 0.717) is 17.8 Å². The van der Waals surface area contributed by atoms with Crippen LogP contribution in [0.15, 0.2) is 54.6 Å². The molecule has 0 saturated carbocycles. The van der Waals surface area contributed by atoms with Crippen LogP contribution in [0.4, 0.5) is 16.2 Å². The van der Waals surface area contributed by atoms with Gasteiger partial charge in [-0.1, -0.05) is 30.3 Å². The first-order valence-electron chi connectivity index (χ1n) is 8.69. The molecule has 0 fully saturated rings. The first kappa shape index (κ1) is 19.3. The maximum absolute atomic E-state index is 12.1. The zero-order valence-electron chi connectivity index (χ0n) is 15.2. The van der Waals surface area contributed by atoms with Gasteiger partial charge in [0.1, 0.15) is 0 Å². The minimum atomic E-state index is -0.451. The highest BCUT2D eigenvalue weighted by atomic mass is 16.5. The summed E-state index contributed by atoms with van der Waals surface area (Å²) in [5.41, 5.74) is 1.92. The van der Waals surface area contributed by atoms with E-state index in [1.807, 2.05) is 37.4 Å². The van der Waals surface area contributed by atoms with Crippen LogP contribution in [-0.4, -0.2) is 38.7 Å². The van der Waals surface area contributed by atoms with E-state index >= 15 is 0 Å². The van der Waals surface area contributed by atoms with Gasteiger partial charge in [-0.2, -0.15) is 0 Å². The van der Waals surface area contributed by atoms with Crippen molar-refractivity contribution in [1.29, 1.82) is 0 Å². The van der Waals surface area contributed by atoms with E-state index in [1.165, 1.54) is 0 Å². The fourth-order valence-corrected chi connectivity index (χ4v) is 2.48. The Bertz CT molecular complexity index is 719. The Hall–Kier alpha value is -3.02. The van der Waals surface area contributed by atoms with Crippen LogP contribution in [0.1, 0.15) is 23.7 Å². The summed E-state index contributed by atoms with van der Waals surface area (Å²) in [5, 5.41) is 5.51. The summed E-state index contributed by atoms with van der Waals surface area (Å²) < 4.78 is 5.00. The molecule has 6 heteroatoms. The molecule has 0 aliphatic heterocycles. The Balaban J connectivity index is 1.78. The van der Waals surface area contributed by atoms with Crippen LogP contribution in [0.5, 0.6) is 0 Å². The molecule has 2 rings (SSSR count). The van der Waals surface area contributed by atoms with E-state index < -0.39 is 5.97 Å². The number of ether oxygens (including phenoxy) is 1. The highest BCUT2D eigenvalue weighted by Gasteiger charge is 2.13. The molecule has 2 N–H and O–H groups in total. The molecule has 0 saturated heterocycles. The Morgan fingerprint density at radius 2 is 1.73 bits per heavy atom. The number of carbonyl (C=O) groups is 2. The molecule has 0 spiro atoms. The van der Waals surface area contributed by atoms with Gasteiger partial charge < -0.3 is 20.3 Å². The highest BCUT2D eigenvalue weighted by molar-refractivity contribution is 6.00. The van der Waals surface area contributed by atoms with Gasteiger partial charge in [0, 0.05) is 25.8 Å². The molecule has 0 unspecified atom stereocenters. The van der Waals surface area contributed by atoms with E-state index in [0.717, 1.165) is 18.7 Å². The maximum Gasteiger partial charge on any atom is 0.340 e. The first-order valence-corrected chi connectivity index (χ1v) is 8.69. The van der Waals surface area contributed by atoms with E-state index in [1.54, 1.807) is 31.2 Å². The fraction of sp³-hybridized carbons (Fsp3) is 0.300. The predicted octanol–water partition coefficient (Wildman–Crippen LogP) is 3.51. The minimum Gasteiger partial charge on any atom is -0.462 e. The highest BCUT2D eigenvalue weighted by Crippen LogP contribution is 2.16. The molecular formula is C20H25N3O3. The van der Waals surface area contributed by atoms with Gasteiger partial charge >= 0.3 is 12.0 Å². The molecule has 2 aromatic rings. The number of anilines is 2. The molecule has 0 aliphatic rings. The monoisotopic (exact) mass is 355 g/mol. The number of urea groups is 1. The van der Waals surface area contributed by atoms with Crippen molar-refractivity contribution < 1.29 is 14.3 Å². The number of hydrogen-bond acceptors (Lipinski definition) is 4. The third-order valence-corrected chi connectivity index (χ3v) is 3.82. The number of amides is 2. The molecule has 0 atom stereocenters. The molecule has 2 aromatic carbocycles. The minimum absolute atomic E-state index is 0.286. The van der Waals surface area contributed by atoms with Crippen molar-refractivity contribution in [1.82, 2.24) is 5.32 Å². The third kappa shape index (κ3) is 5.81. The zero-order chi connectivity index (χ0) is 18.8. The largest absolute Gasteiger partial charge is 0.462 e. The first-order chi connectivity index (χ1) is 12.6. The summed E-state index contributed by atoms with van der Waals surface area (Å²) in [4.78, 5) is 26.1. The second-order valence-corrected chi connectivity index (χ2v) is 5.76. The van der Waals surface area contributed by atoms with E-state index in [2.05, 4.69) is 15.5 Å². The van der Waals surface area contributed by atoms with Crippen molar-refractivity contribution in [2.45, 2.75) is 13.3 Å². The average Bonchev–Trinajstić information content (AvgIpc) is 2.66. The van der Waals surface area contributed by atoms with Gasteiger partial charge in [-0.25, -0.2) is 9.59 Å². The summed E-state index contributed by atoms with van der Waals surface area (Å²) in [5.74, 6) is -0.451. The predicted molar refractivity (Wildman–Crippen MR) is 104 cm³/mol. The number of nitrogens with zero attached hydrogens (tertiary/aromatic N) is 1. The van der Waals surface area contributed by atoms with Crippen molar-refractivity contribution in [2.24, 2.45) is 0 Å². The van der Waals surface area contributed by atoms with Crippen LogP contribution >= 0.6 is 0 Å². The smallest absolute Gasteiger partial charge is 0.340 e. The summed E-state index contributed by atoms with van der Waals surface area (Å²) >= 11 is 0. The second-order valence-electron chi connectivity index (χ2n) is 5.76. The number of benzene rings is 2. The van der Waals surface area contributed by atoms with Gasteiger partial charge in [-0.3, -0.25) is 0 Å². The van der Waals surface area contributed by atoms with Crippen LogP contribution in [0.2, 0.25) is 0 Å². The molecule has 0 radical (unpaired) electrons. The Kier molecular flexibility index (Phi) is 7.49. The van der Waals surface area contributed by atoms with E-state index in [-0.39, 0.29) is 12.6 Å². The zero-order valence-corrected chi connectivity index (χ0v) is 15.2. The molecule has 0 aromatic heterocycles. The van der Waals surface area contributed by atoms with Gasteiger partial charge in [0.05, 0.1) is 17.9 Å². The lowest BCUT2D eigenvalue weighted by Gasteiger charge is -2.19. The van der Waals surface area contributed by atoms with Crippen molar-refractivity contribution in [3.63, 3.8) is 0 Å². The number of carbonyl (C=O) groups excluding carboxylic acids is 2. The van der Waals surface area contributed by atoms with Crippen molar-refractivity contribution in [3.8, 4) is 0 Å². The number of nitrogens with one attached hydrogen (secondary N) is 2. The lowest BCUT2D eigenvalue weighted by molar-refractivity contribution is 0.0527. The van der Waals surface area contributed by atoms with Crippen molar-refractivity contribution in [2.75, 3.05) is 37.0 Å². The summed E-state index contributed by atoms with van der Waals surface area (Å²) in [6, 6.07) is 16.5. The Morgan fingerprint density at radius 3 is 2.46 bits per heavy atom. The molecular weight excluding hydrogens is 330 g/mol. The van der Waals surface area contributed by atoms with Crippen LogP contribution < -0.4 is 15.5 Å². The summed E-state index contributed by atoms with van der Waals surface area (Å²) in [7, 11) is 2.02. The average molecular weight is 355 g/mol. The Morgan fingerprint density at radius 1 is 1.04 bits per heavy atom. The van der Waals surface area contributed by atoms with Crippen LogP contribution in [-0.2, 0) is 4.74 Å². The van der Waals surface area contributed by atoms with Gasteiger partial charge in [-0.05, 0) is 37.6 Å². The van der Waals surface area contributed by atoms with Crippen LogP contribution in [0.25, 0.3) is 0 Å². The third-order valence-electron chi connectivity index (χ3n) is 3.82. The Labute approximate surface area is 154 Å². The van der Waals surface area contributed by atoms with E-state index in [9.17, 15) is 9.59 Å². The van der Waals surface area contributed by atoms with Crippen LogP contribution in [0, 0.1) is 0 Å². The van der Waals surface area contributed by atoms with Crippen molar-refractivity contribution in [3.05, 3.63) is 60.2 Å². The molecule has 0 bridgehead atoms. The number of rotatable bonds is 8. The lowest BCUT2D eigenvalue weighted by Crippen LogP contribution is -2.32. The van der Waals surface area contributed by atoms with E-state index in [4.69, 9.17) is 4.74 Å². The number of hydrogen-bond donors (Lipinski definition) is 2. The molecule has 0 aliphatic carbocycles. The number of esters is 1. The molecule has 0 heterocycles. The quantitative estimate of drug-likeness (QED) is 0.561. The summed E-state index contributed by atoms with van der Waals surface area (Å²) in [6.45, 7) is 3.38. The van der Waals surface area contributed by atoms with Crippen LogP contribution in [0.3, 0.4) is 0 Å². The SMILES string of the molecule is CCOC(=O)c1ccccc1NC(=O)NCCCN(C)c1ccccc1. The topological polar surface area (TPSA) is 70.7 Å². The van der Waals surface area contributed by atoms with Gasteiger partial charge in [0.15, 0.2) is 0 Å². The molecule has 26 heavy (non-hydrogen) atoms. The van der Waals surface area contributed by atoms with Gasteiger partial charge in [0.2, 0.25) is 0 Å². The maximum atomic E-state index is 12.1. The second kappa shape index (κ2) is 10.1. The number of para-hydroxylation sites is 2. The lowest BCUT2D eigenvalue weighted by atomic mass is 10.2. The standard InChI is InChI=1S/C20H25N3O3/c1-3-26-19(24)17-12-7-8-13-18(17)22-20(25)21-14-9-15-23(2)16-10-5-4-6-11-16/h4-8,10-13H,3,9,14-15H2,1-2H3,(H2,21,22,25).